The van der Waals surface area contributed by atoms with E-state index in [1.807, 2.05) is 36.4 Å². The van der Waals surface area contributed by atoms with E-state index in [1.165, 1.54) is 38.6 Å². The van der Waals surface area contributed by atoms with Crippen molar-refractivity contribution in [1.82, 2.24) is 4.90 Å². The van der Waals surface area contributed by atoms with Gasteiger partial charge < -0.3 is 9.64 Å². The van der Waals surface area contributed by atoms with Crippen molar-refractivity contribution >= 4 is 11.6 Å². The lowest BCUT2D eigenvalue weighted by Gasteiger charge is -2.13. The van der Waals surface area contributed by atoms with E-state index in [1.54, 1.807) is 0 Å². The Morgan fingerprint density at radius 2 is 1.48 bits per heavy atom. The number of halogens is 1. The van der Waals surface area contributed by atoms with Gasteiger partial charge >= 0.3 is 0 Å². The monoisotopic (exact) mass is 359 g/mol. The second-order valence-electron chi connectivity index (χ2n) is 6.75. The molecule has 2 rings (SSSR count). The molecule has 0 aliphatic rings. The standard InChI is InChI=1S/C22H30ClNO/c1-24(2)17-10-5-3-4-6-11-18-25-21-16-12-15-20(23)22(21)19-13-8-7-9-14-19/h7-9,12-16H,3-6,10-11,17-18H2,1-2H3. The van der Waals surface area contributed by atoms with Gasteiger partial charge in [0, 0.05) is 5.56 Å². The third-order valence-corrected chi connectivity index (χ3v) is 4.61. The predicted molar refractivity (Wildman–Crippen MR) is 109 cm³/mol. The van der Waals surface area contributed by atoms with Crippen LogP contribution in [0.1, 0.15) is 38.5 Å². The maximum Gasteiger partial charge on any atom is 0.128 e. The summed E-state index contributed by atoms with van der Waals surface area (Å²) in [5, 5.41) is 0.740. The quantitative estimate of drug-likeness (QED) is 0.437. The van der Waals surface area contributed by atoms with E-state index in [-0.39, 0.29) is 0 Å². The molecule has 0 unspecified atom stereocenters. The van der Waals surface area contributed by atoms with Crippen LogP contribution >= 0.6 is 11.6 Å². The third-order valence-electron chi connectivity index (χ3n) is 4.30. The minimum absolute atomic E-state index is 0.740. The highest BCUT2D eigenvalue weighted by atomic mass is 35.5. The normalized spacial score (nSPS) is 11.0. The molecule has 2 aromatic carbocycles. The van der Waals surface area contributed by atoms with Crippen molar-refractivity contribution in [3.05, 3.63) is 53.6 Å². The third kappa shape index (κ3) is 7.09. The molecule has 0 atom stereocenters. The summed E-state index contributed by atoms with van der Waals surface area (Å²) in [4.78, 5) is 2.25. The van der Waals surface area contributed by atoms with Gasteiger partial charge in [0.15, 0.2) is 0 Å². The lowest BCUT2D eigenvalue weighted by atomic mass is 10.0. The fraction of sp³-hybridized carbons (Fsp3) is 0.455. The first-order valence-electron chi connectivity index (χ1n) is 9.30. The zero-order chi connectivity index (χ0) is 17.9. The van der Waals surface area contributed by atoms with E-state index >= 15 is 0 Å². The average molecular weight is 360 g/mol. The molecule has 0 saturated heterocycles. The van der Waals surface area contributed by atoms with Crippen molar-refractivity contribution in [1.29, 1.82) is 0 Å². The molecule has 0 bridgehead atoms. The number of hydrogen-bond donors (Lipinski definition) is 0. The first-order chi connectivity index (χ1) is 12.2. The van der Waals surface area contributed by atoms with E-state index in [2.05, 4.69) is 31.1 Å². The first-order valence-corrected chi connectivity index (χ1v) is 9.68. The summed E-state index contributed by atoms with van der Waals surface area (Å²) in [7, 11) is 4.27. The van der Waals surface area contributed by atoms with Crippen LogP contribution in [0.3, 0.4) is 0 Å². The van der Waals surface area contributed by atoms with E-state index in [0.29, 0.717) is 0 Å². The fourth-order valence-corrected chi connectivity index (χ4v) is 3.20. The Balaban J connectivity index is 1.74. The molecule has 0 saturated carbocycles. The van der Waals surface area contributed by atoms with Gasteiger partial charge in [-0.2, -0.15) is 0 Å². The van der Waals surface area contributed by atoms with Crippen molar-refractivity contribution in [2.75, 3.05) is 27.2 Å². The van der Waals surface area contributed by atoms with E-state index in [4.69, 9.17) is 16.3 Å². The van der Waals surface area contributed by atoms with Crippen molar-refractivity contribution in [2.45, 2.75) is 38.5 Å². The Morgan fingerprint density at radius 1 is 0.800 bits per heavy atom. The molecule has 136 valence electrons. The summed E-state index contributed by atoms with van der Waals surface area (Å²) in [5.41, 5.74) is 2.09. The van der Waals surface area contributed by atoms with Crippen LogP contribution in [-0.2, 0) is 0 Å². The highest BCUT2D eigenvalue weighted by Crippen LogP contribution is 2.36. The SMILES string of the molecule is CN(C)CCCCCCCCOc1cccc(Cl)c1-c1ccccc1. The number of rotatable bonds is 11. The largest absolute Gasteiger partial charge is 0.493 e. The van der Waals surface area contributed by atoms with Crippen molar-refractivity contribution < 1.29 is 4.74 Å². The number of unbranched alkanes of at least 4 members (excludes halogenated alkanes) is 5. The van der Waals surface area contributed by atoms with Crippen molar-refractivity contribution in [3.8, 4) is 16.9 Å². The molecule has 0 heterocycles. The second kappa shape index (κ2) is 11.2. The molecule has 0 aromatic heterocycles. The maximum absolute atomic E-state index is 6.41. The molecule has 3 heteroatoms. The number of benzene rings is 2. The molecule has 0 N–H and O–H groups in total. The van der Waals surface area contributed by atoms with Crippen molar-refractivity contribution in [3.63, 3.8) is 0 Å². The minimum atomic E-state index is 0.740. The van der Waals surface area contributed by atoms with E-state index in [9.17, 15) is 0 Å². The van der Waals surface area contributed by atoms with Crippen LogP contribution in [0.5, 0.6) is 5.75 Å². The number of hydrogen-bond acceptors (Lipinski definition) is 2. The molecule has 0 radical (unpaired) electrons. The molecule has 0 aliphatic carbocycles. The molecular weight excluding hydrogens is 330 g/mol. The zero-order valence-electron chi connectivity index (χ0n) is 15.5. The van der Waals surface area contributed by atoms with Gasteiger partial charge in [0.25, 0.3) is 0 Å². The maximum atomic E-state index is 6.41. The zero-order valence-corrected chi connectivity index (χ0v) is 16.3. The van der Waals surface area contributed by atoms with Crippen LogP contribution < -0.4 is 4.74 Å². The van der Waals surface area contributed by atoms with E-state index in [0.717, 1.165) is 34.9 Å². The van der Waals surface area contributed by atoms with Crippen LogP contribution in [-0.4, -0.2) is 32.1 Å². The lowest BCUT2D eigenvalue weighted by molar-refractivity contribution is 0.305. The molecule has 0 aliphatic heterocycles. The number of ether oxygens (including phenoxy) is 1. The molecule has 2 aromatic rings. The highest BCUT2D eigenvalue weighted by Gasteiger charge is 2.10. The van der Waals surface area contributed by atoms with Gasteiger partial charge in [-0.05, 0) is 51.2 Å². The van der Waals surface area contributed by atoms with E-state index < -0.39 is 0 Å². The summed E-state index contributed by atoms with van der Waals surface area (Å²) in [6, 6.07) is 16.1. The molecule has 2 nitrogen and oxygen atoms in total. The molecular formula is C22H30ClNO. The number of nitrogens with zero attached hydrogens (tertiary/aromatic N) is 1. The van der Waals surface area contributed by atoms with Gasteiger partial charge in [-0.15, -0.1) is 0 Å². The summed E-state index contributed by atoms with van der Waals surface area (Å²) in [6.07, 6.45) is 7.55. The smallest absolute Gasteiger partial charge is 0.128 e. The van der Waals surface area contributed by atoms with Crippen LogP contribution in [0.25, 0.3) is 11.1 Å². The van der Waals surface area contributed by atoms with Gasteiger partial charge in [-0.25, -0.2) is 0 Å². The summed E-state index contributed by atoms with van der Waals surface area (Å²) < 4.78 is 6.04. The predicted octanol–water partition coefficient (Wildman–Crippen LogP) is 6.29. The summed E-state index contributed by atoms with van der Waals surface area (Å²) >= 11 is 6.41. The van der Waals surface area contributed by atoms with Crippen LogP contribution in [0, 0.1) is 0 Å². The van der Waals surface area contributed by atoms with Gasteiger partial charge in [0.05, 0.1) is 11.6 Å². The summed E-state index contributed by atoms with van der Waals surface area (Å²) in [5.74, 6) is 0.879. The lowest BCUT2D eigenvalue weighted by Crippen LogP contribution is -2.12. The second-order valence-corrected chi connectivity index (χ2v) is 7.16. The Kier molecular flexibility index (Phi) is 8.85. The van der Waals surface area contributed by atoms with Gasteiger partial charge in [0.2, 0.25) is 0 Å². The first kappa shape index (κ1) is 19.8. The molecule has 25 heavy (non-hydrogen) atoms. The molecule has 0 spiro atoms. The molecule has 0 amide bonds. The van der Waals surface area contributed by atoms with Gasteiger partial charge in [-0.1, -0.05) is 73.7 Å². The Labute approximate surface area is 157 Å². The molecule has 0 fully saturated rings. The summed E-state index contributed by atoms with van der Waals surface area (Å²) in [6.45, 7) is 1.94. The topological polar surface area (TPSA) is 12.5 Å². The van der Waals surface area contributed by atoms with Gasteiger partial charge in [0.1, 0.15) is 5.75 Å². The van der Waals surface area contributed by atoms with Crippen LogP contribution in [0.2, 0.25) is 5.02 Å². The van der Waals surface area contributed by atoms with Crippen LogP contribution in [0.4, 0.5) is 0 Å². The van der Waals surface area contributed by atoms with Crippen molar-refractivity contribution in [2.24, 2.45) is 0 Å². The Bertz CT molecular complexity index is 613. The highest BCUT2D eigenvalue weighted by molar-refractivity contribution is 6.33. The Morgan fingerprint density at radius 3 is 2.20 bits per heavy atom. The average Bonchev–Trinajstić information content (AvgIpc) is 2.61. The minimum Gasteiger partial charge on any atom is -0.493 e. The Hall–Kier alpha value is -1.51. The van der Waals surface area contributed by atoms with Crippen LogP contribution in [0.15, 0.2) is 48.5 Å². The van der Waals surface area contributed by atoms with Gasteiger partial charge in [-0.3, -0.25) is 0 Å². The fourth-order valence-electron chi connectivity index (χ4n) is 2.93.